The van der Waals surface area contributed by atoms with E-state index in [1.165, 1.54) is 11.6 Å². The van der Waals surface area contributed by atoms with Crippen LogP contribution in [0.15, 0.2) is 42.6 Å². The molecule has 1 amide bonds. The number of carbonyl (C=O) groups excluding carboxylic acids is 2. The topological polar surface area (TPSA) is 71.5 Å². The van der Waals surface area contributed by atoms with Gasteiger partial charge in [-0.1, -0.05) is 24.3 Å². The van der Waals surface area contributed by atoms with Crippen molar-refractivity contribution in [3.8, 4) is 0 Å². The molecule has 1 fully saturated rings. The number of hydrogen-bond donors (Lipinski definition) is 1. The summed E-state index contributed by atoms with van der Waals surface area (Å²) in [5, 5.41) is 2.96. The van der Waals surface area contributed by atoms with Gasteiger partial charge in [0.25, 0.3) is 5.91 Å². The zero-order valence-corrected chi connectivity index (χ0v) is 18.1. The van der Waals surface area contributed by atoms with Gasteiger partial charge in [0.1, 0.15) is 5.82 Å². The van der Waals surface area contributed by atoms with Crippen LogP contribution < -0.4 is 10.2 Å². The first kappa shape index (κ1) is 23.1. The zero-order chi connectivity index (χ0) is 23.4. The van der Waals surface area contributed by atoms with Gasteiger partial charge in [-0.05, 0) is 55.4 Å². The monoisotopic (exact) mass is 461 g/mol. The Balaban J connectivity index is 1.22. The molecule has 2 heterocycles. The van der Waals surface area contributed by atoms with Gasteiger partial charge in [0.05, 0.1) is 17.5 Å². The second-order valence-corrected chi connectivity index (χ2v) is 8.48. The van der Waals surface area contributed by atoms with Gasteiger partial charge in [0, 0.05) is 19.3 Å². The van der Waals surface area contributed by atoms with E-state index in [-0.39, 0.29) is 24.5 Å². The van der Waals surface area contributed by atoms with Crippen molar-refractivity contribution in [2.45, 2.75) is 44.3 Å². The molecule has 176 valence electrons. The summed E-state index contributed by atoms with van der Waals surface area (Å²) in [6.45, 7) is 0.630. The molecule has 6 nitrogen and oxygen atoms in total. The second-order valence-electron chi connectivity index (χ2n) is 8.48. The highest BCUT2D eigenvalue weighted by Crippen LogP contribution is 2.31. The minimum atomic E-state index is -4.42. The maximum atomic E-state index is 12.7. The number of amides is 1. The smallest absolute Gasteiger partial charge is 0.417 e. The zero-order valence-electron chi connectivity index (χ0n) is 18.1. The molecule has 33 heavy (non-hydrogen) atoms. The lowest BCUT2D eigenvalue weighted by Gasteiger charge is -2.31. The molecule has 4 rings (SSSR count). The number of aryl methyl sites for hydroxylation is 1. The summed E-state index contributed by atoms with van der Waals surface area (Å²) in [7, 11) is 0. The van der Waals surface area contributed by atoms with Crippen molar-refractivity contribution < 1.29 is 27.5 Å². The molecule has 2 aliphatic rings. The van der Waals surface area contributed by atoms with Gasteiger partial charge in [-0.2, -0.15) is 13.2 Å². The molecule has 1 unspecified atom stereocenters. The normalized spacial score (nSPS) is 19.0. The first-order valence-electron chi connectivity index (χ1n) is 11.1. The predicted octanol–water partition coefficient (Wildman–Crippen LogP) is 4.05. The van der Waals surface area contributed by atoms with Gasteiger partial charge in [-0.15, -0.1) is 0 Å². The highest BCUT2D eigenvalue weighted by atomic mass is 19.4. The molecule has 1 aromatic carbocycles. The van der Waals surface area contributed by atoms with E-state index in [1.807, 2.05) is 23.1 Å². The number of hydrogen-bond acceptors (Lipinski definition) is 5. The number of aromatic nitrogens is 1. The van der Waals surface area contributed by atoms with Crippen LogP contribution in [0.1, 0.15) is 48.4 Å². The Morgan fingerprint density at radius 2 is 1.85 bits per heavy atom. The molecule has 2 aromatic rings. The minimum absolute atomic E-state index is 0.0689. The Bertz CT molecular complexity index is 986. The summed E-state index contributed by atoms with van der Waals surface area (Å²) in [4.78, 5) is 30.5. The average molecular weight is 461 g/mol. The number of fused-ring (bicyclic) bond motifs is 1. The highest BCUT2D eigenvalue weighted by Gasteiger charge is 2.32. The minimum Gasteiger partial charge on any atom is -0.455 e. The van der Waals surface area contributed by atoms with Crippen LogP contribution in [0.3, 0.4) is 0 Å². The third-order valence-corrected chi connectivity index (χ3v) is 6.28. The predicted molar refractivity (Wildman–Crippen MR) is 115 cm³/mol. The molecule has 9 heteroatoms. The third-order valence-electron chi connectivity index (χ3n) is 6.28. The van der Waals surface area contributed by atoms with Crippen LogP contribution in [-0.4, -0.2) is 36.6 Å². The van der Waals surface area contributed by atoms with Crippen molar-refractivity contribution in [3.05, 3.63) is 59.3 Å². The fraction of sp³-hybridized carbons (Fsp3) is 0.458. The van der Waals surface area contributed by atoms with E-state index in [4.69, 9.17) is 4.74 Å². The summed E-state index contributed by atoms with van der Waals surface area (Å²) >= 11 is 0. The largest absolute Gasteiger partial charge is 0.455 e. The lowest BCUT2D eigenvalue weighted by molar-refractivity contribution is -0.153. The Kier molecular flexibility index (Phi) is 6.85. The molecule has 0 saturated carbocycles. The summed E-state index contributed by atoms with van der Waals surface area (Å²) in [5.41, 5.74) is 1.56. The molecule has 1 aliphatic heterocycles. The number of ether oxygens (including phenoxy) is 1. The van der Waals surface area contributed by atoms with E-state index < -0.39 is 17.7 Å². The Morgan fingerprint density at radius 1 is 1.09 bits per heavy atom. The lowest BCUT2D eigenvalue weighted by atomic mass is 9.88. The fourth-order valence-corrected chi connectivity index (χ4v) is 4.48. The van der Waals surface area contributed by atoms with Crippen molar-refractivity contribution in [1.82, 2.24) is 10.3 Å². The van der Waals surface area contributed by atoms with Crippen LogP contribution in [0.5, 0.6) is 0 Å². The second kappa shape index (κ2) is 9.80. The summed E-state index contributed by atoms with van der Waals surface area (Å²) < 4.78 is 43.3. The van der Waals surface area contributed by atoms with E-state index in [1.54, 1.807) is 0 Å². The molecule has 0 spiro atoms. The number of esters is 1. The van der Waals surface area contributed by atoms with E-state index in [9.17, 15) is 22.8 Å². The Morgan fingerprint density at radius 3 is 2.55 bits per heavy atom. The number of rotatable bonds is 5. The first-order valence-corrected chi connectivity index (χ1v) is 11.1. The molecular weight excluding hydrogens is 435 g/mol. The number of anilines is 1. The summed E-state index contributed by atoms with van der Waals surface area (Å²) in [6.07, 6.45) is 0.214. The highest BCUT2D eigenvalue weighted by molar-refractivity contribution is 5.81. The van der Waals surface area contributed by atoms with Crippen LogP contribution in [0, 0.1) is 5.92 Å². The van der Waals surface area contributed by atoms with Crippen LogP contribution >= 0.6 is 0 Å². The lowest BCUT2D eigenvalue weighted by Crippen LogP contribution is -2.39. The molecule has 1 N–H and O–H groups in total. The van der Waals surface area contributed by atoms with Crippen LogP contribution in [0.4, 0.5) is 19.0 Å². The number of piperidine rings is 1. The van der Waals surface area contributed by atoms with Gasteiger partial charge in [-0.25, -0.2) is 4.98 Å². The van der Waals surface area contributed by atoms with Crippen molar-refractivity contribution in [2.75, 3.05) is 24.6 Å². The molecular formula is C24H26F3N3O3. The first-order chi connectivity index (χ1) is 15.8. The quantitative estimate of drug-likeness (QED) is 0.681. The maximum Gasteiger partial charge on any atom is 0.417 e. The van der Waals surface area contributed by atoms with Gasteiger partial charge in [-0.3, -0.25) is 9.59 Å². The van der Waals surface area contributed by atoms with Gasteiger partial charge in [0.2, 0.25) is 0 Å². The number of pyridine rings is 1. The molecule has 1 atom stereocenters. The summed E-state index contributed by atoms with van der Waals surface area (Å²) in [6, 6.07) is 10.3. The number of alkyl halides is 3. The van der Waals surface area contributed by atoms with E-state index in [2.05, 4.69) is 16.4 Å². The van der Waals surface area contributed by atoms with Gasteiger partial charge >= 0.3 is 12.1 Å². The standard InChI is InChI=1S/C24H26F3N3O3/c25-24(26,27)18-8-9-21(28-14-18)30-12-10-17(11-13-30)23(32)33-15-22(31)29-20-7-3-5-16-4-1-2-6-19(16)20/h1-2,4,6,8-9,14,17,20H,3,5,7,10-13,15H2,(H,29,31). The SMILES string of the molecule is O=C(COC(=O)C1CCN(c2ccc(C(F)(F)F)cn2)CC1)NC1CCCc2ccccc21. The number of carbonyl (C=O) groups is 2. The van der Waals surface area contributed by atoms with Crippen molar-refractivity contribution >= 4 is 17.7 Å². The van der Waals surface area contributed by atoms with Gasteiger partial charge < -0.3 is 15.0 Å². The molecule has 1 aliphatic carbocycles. The van der Waals surface area contributed by atoms with Crippen molar-refractivity contribution in [3.63, 3.8) is 0 Å². The number of nitrogens with zero attached hydrogens (tertiary/aromatic N) is 2. The van der Waals surface area contributed by atoms with E-state index in [0.717, 1.165) is 37.1 Å². The molecule has 1 saturated heterocycles. The molecule has 0 bridgehead atoms. The molecule has 0 radical (unpaired) electrons. The van der Waals surface area contributed by atoms with Crippen molar-refractivity contribution in [2.24, 2.45) is 5.92 Å². The average Bonchev–Trinajstić information content (AvgIpc) is 2.82. The number of nitrogens with one attached hydrogen (secondary N) is 1. The van der Waals surface area contributed by atoms with Crippen LogP contribution in [0.25, 0.3) is 0 Å². The van der Waals surface area contributed by atoms with Gasteiger partial charge in [0.15, 0.2) is 6.61 Å². The summed E-state index contributed by atoms with van der Waals surface area (Å²) in [5.74, 6) is -0.647. The maximum absolute atomic E-state index is 12.7. The number of benzene rings is 1. The van der Waals surface area contributed by atoms with Crippen molar-refractivity contribution in [1.29, 1.82) is 0 Å². The Labute approximate surface area is 190 Å². The number of halogens is 3. The van der Waals surface area contributed by atoms with Crippen LogP contribution in [-0.2, 0) is 26.9 Å². The third kappa shape index (κ3) is 5.64. The van der Waals surface area contributed by atoms with E-state index >= 15 is 0 Å². The Hall–Kier alpha value is -3.10. The van der Waals surface area contributed by atoms with E-state index in [0.29, 0.717) is 31.7 Å². The molecule has 1 aromatic heterocycles. The fourth-order valence-electron chi connectivity index (χ4n) is 4.48. The van der Waals surface area contributed by atoms with Crippen LogP contribution in [0.2, 0.25) is 0 Å².